The van der Waals surface area contributed by atoms with E-state index in [4.69, 9.17) is 0 Å². The van der Waals surface area contributed by atoms with E-state index in [1.807, 2.05) is 60.4 Å². The quantitative estimate of drug-likeness (QED) is 0.713. The molecule has 0 fully saturated rings. The maximum absolute atomic E-state index is 13.0. The molecule has 132 valence electrons. The molecule has 0 unspecified atom stereocenters. The zero-order valence-corrected chi connectivity index (χ0v) is 15.5. The molecule has 5 nitrogen and oxygen atoms in total. The van der Waals surface area contributed by atoms with Crippen LogP contribution in [-0.4, -0.2) is 32.4 Å². The van der Waals surface area contributed by atoms with Crippen LogP contribution in [-0.2, 0) is 11.2 Å². The number of aromatic amines is 1. The summed E-state index contributed by atoms with van der Waals surface area (Å²) in [6, 6.07) is 18.1. The van der Waals surface area contributed by atoms with E-state index >= 15 is 0 Å². The lowest BCUT2D eigenvalue weighted by Gasteiger charge is -2.25. The maximum Gasteiger partial charge on any atom is 0.240 e. The summed E-state index contributed by atoms with van der Waals surface area (Å²) >= 11 is 1.39. The predicted octanol–water partition coefficient (Wildman–Crippen LogP) is 3.93. The molecule has 0 bridgehead atoms. The second kappa shape index (κ2) is 6.96. The minimum atomic E-state index is -0.261. The second-order valence-electron chi connectivity index (χ2n) is 6.48. The number of fused-ring (bicyclic) bond motifs is 1. The lowest BCUT2D eigenvalue weighted by Crippen LogP contribution is -2.40. The molecule has 1 aliphatic heterocycles. The maximum atomic E-state index is 13.0. The number of aromatic nitrogens is 3. The largest absolute Gasteiger partial charge is 0.308 e. The molecule has 0 radical (unpaired) electrons. The number of para-hydroxylation sites is 1. The first kappa shape index (κ1) is 16.8. The number of carbonyl (C=O) groups is 1. The van der Waals surface area contributed by atoms with Crippen molar-refractivity contribution in [2.24, 2.45) is 0 Å². The molecule has 2 atom stereocenters. The zero-order chi connectivity index (χ0) is 18.1. The fraction of sp³-hybridized carbons (Fsp3) is 0.250. The molecule has 1 aromatic heterocycles. The second-order valence-corrected chi connectivity index (χ2v) is 7.79. The van der Waals surface area contributed by atoms with Gasteiger partial charge in [0, 0.05) is 17.3 Å². The molecular weight excluding hydrogens is 344 g/mol. The molecule has 1 amide bonds. The van der Waals surface area contributed by atoms with Crippen molar-refractivity contribution >= 4 is 23.4 Å². The van der Waals surface area contributed by atoms with Crippen molar-refractivity contribution in [3.05, 3.63) is 60.2 Å². The number of nitrogens with one attached hydrogen (secondary N) is 1. The van der Waals surface area contributed by atoms with E-state index in [2.05, 4.69) is 28.2 Å². The third kappa shape index (κ3) is 3.12. The number of rotatable bonds is 4. The number of benzene rings is 2. The average molecular weight is 364 g/mol. The Labute approximate surface area is 156 Å². The fourth-order valence-electron chi connectivity index (χ4n) is 3.33. The highest BCUT2D eigenvalue weighted by atomic mass is 32.2. The van der Waals surface area contributed by atoms with Crippen molar-refractivity contribution < 1.29 is 4.79 Å². The molecule has 0 spiro atoms. The molecule has 26 heavy (non-hydrogen) atoms. The Balaban J connectivity index is 1.50. The predicted molar refractivity (Wildman–Crippen MR) is 104 cm³/mol. The van der Waals surface area contributed by atoms with Gasteiger partial charge in [0.1, 0.15) is 0 Å². The van der Waals surface area contributed by atoms with Gasteiger partial charge >= 0.3 is 0 Å². The number of amides is 1. The average Bonchev–Trinajstić information content (AvgIpc) is 3.25. The summed E-state index contributed by atoms with van der Waals surface area (Å²) < 4.78 is 0. The standard InChI is InChI=1S/C20H20N4OS/c1-13-12-16-10-6-7-11-17(16)24(13)19(25)14(2)26-20-21-18(22-23-20)15-8-4-3-5-9-15/h3-11,13-14H,12H2,1-2H3,(H,21,22,23)/t13-,14-/m0/s1. The Morgan fingerprint density at radius 2 is 1.92 bits per heavy atom. The van der Waals surface area contributed by atoms with Crippen molar-refractivity contribution in [1.82, 2.24) is 15.2 Å². The topological polar surface area (TPSA) is 61.9 Å². The first-order valence-corrected chi connectivity index (χ1v) is 9.57. The monoisotopic (exact) mass is 364 g/mol. The summed E-state index contributed by atoms with van der Waals surface area (Å²) in [6.45, 7) is 4.01. The number of nitrogens with zero attached hydrogens (tertiary/aromatic N) is 3. The van der Waals surface area contributed by atoms with Crippen molar-refractivity contribution in [2.45, 2.75) is 36.7 Å². The van der Waals surface area contributed by atoms with Crippen molar-refractivity contribution in [1.29, 1.82) is 0 Å². The van der Waals surface area contributed by atoms with Crippen LogP contribution in [0.4, 0.5) is 5.69 Å². The van der Waals surface area contributed by atoms with Crippen LogP contribution < -0.4 is 4.90 Å². The van der Waals surface area contributed by atoms with Crippen LogP contribution in [0.2, 0.25) is 0 Å². The van der Waals surface area contributed by atoms with Gasteiger partial charge in [-0.1, -0.05) is 60.3 Å². The molecule has 0 saturated heterocycles. The Bertz CT molecular complexity index is 924. The third-order valence-corrected chi connectivity index (χ3v) is 5.54. The van der Waals surface area contributed by atoms with Crippen molar-refractivity contribution in [3.63, 3.8) is 0 Å². The van der Waals surface area contributed by atoms with Gasteiger partial charge in [-0.15, -0.1) is 5.10 Å². The van der Waals surface area contributed by atoms with Gasteiger partial charge in [0.05, 0.1) is 5.25 Å². The van der Waals surface area contributed by atoms with E-state index in [0.29, 0.717) is 11.0 Å². The van der Waals surface area contributed by atoms with Crippen LogP contribution >= 0.6 is 11.8 Å². The first-order chi connectivity index (χ1) is 12.6. The molecular formula is C20H20N4OS. The Morgan fingerprint density at radius 1 is 1.19 bits per heavy atom. The number of H-pyrrole nitrogens is 1. The van der Waals surface area contributed by atoms with Gasteiger partial charge in [-0.2, -0.15) is 0 Å². The molecule has 6 heteroatoms. The van der Waals surface area contributed by atoms with Gasteiger partial charge in [-0.05, 0) is 31.9 Å². The SMILES string of the molecule is C[C@H](Sc1n[nH]c(-c2ccccc2)n1)C(=O)N1c2ccccc2C[C@@H]1C. The first-order valence-electron chi connectivity index (χ1n) is 8.69. The van der Waals surface area contributed by atoms with Gasteiger partial charge in [0.2, 0.25) is 11.1 Å². The minimum absolute atomic E-state index is 0.0958. The van der Waals surface area contributed by atoms with Crippen LogP contribution in [0.25, 0.3) is 11.4 Å². The third-order valence-electron chi connectivity index (χ3n) is 4.59. The zero-order valence-electron chi connectivity index (χ0n) is 14.7. The van der Waals surface area contributed by atoms with Gasteiger partial charge in [-0.25, -0.2) is 4.98 Å². The smallest absolute Gasteiger partial charge is 0.240 e. The fourth-order valence-corrected chi connectivity index (χ4v) is 4.10. The summed E-state index contributed by atoms with van der Waals surface area (Å²) in [5, 5.41) is 7.54. The molecule has 0 saturated carbocycles. The van der Waals surface area contributed by atoms with E-state index in [0.717, 1.165) is 17.7 Å². The van der Waals surface area contributed by atoms with Crippen molar-refractivity contribution in [3.8, 4) is 11.4 Å². The lowest BCUT2D eigenvalue weighted by molar-refractivity contribution is -0.118. The number of thioether (sulfide) groups is 1. The molecule has 0 aliphatic carbocycles. The van der Waals surface area contributed by atoms with E-state index in [9.17, 15) is 4.79 Å². The highest BCUT2D eigenvalue weighted by molar-refractivity contribution is 8.00. The number of hydrogen-bond donors (Lipinski definition) is 1. The van der Waals surface area contributed by atoms with E-state index < -0.39 is 0 Å². The van der Waals surface area contributed by atoms with Crippen LogP contribution in [0.5, 0.6) is 0 Å². The summed E-state index contributed by atoms with van der Waals surface area (Å²) in [5.41, 5.74) is 3.24. The molecule has 4 rings (SSSR count). The molecule has 1 N–H and O–H groups in total. The molecule has 2 heterocycles. The number of carbonyl (C=O) groups excluding carboxylic acids is 1. The van der Waals surface area contributed by atoms with Gasteiger partial charge in [0.25, 0.3) is 0 Å². The Kier molecular flexibility index (Phi) is 4.51. The molecule has 1 aliphatic rings. The van der Waals surface area contributed by atoms with Gasteiger partial charge in [-0.3, -0.25) is 9.89 Å². The van der Waals surface area contributed by atoms with Crippen LogP contribution in [0, 0.1) is 0 Å². The summed E-state index contributed by atoms with van der Waals surface area (Å²) in [6.07, 6.45) is 0.901. The molecule has 2 aromatic carbocycles. The van der Waals surface area contributed by atoms with Crippen LogP contribution in [0.1, 0.15) is 19.4 Å². The summed E-state index contributed by atoms with van der Waals surface area (Å²) in [5.74, 6) is 0.811. The van der Waals surface area contributed by atoms with Crippen LogP contribution in [0.3, 0.4) is 0 Å². The summed E-state index contributed by atoms with van der Waals surface area (Å²) in [7, 11) is 0. The Hall–Kier alpha value is -2.60. The van der Waals surface area contributed by atoms with Crippen LogP contribution in [0.15, 0.2) is 59.8 Å². The lowest BCUT2D eigenvalue weighted by atomic mass is 10.1. The highest BCUT2D eigenvalue weighted by Crippen LogP contribution is 2.34. The molecule has 3 aromatic rings. The van der Waals surface area contributed by atoms with Crippen molar-refractivity contribution in [2.75, 3.05) is 4.90 Å². The van der Waals surface area contributed by atoms with E-state index in [1.165, 1.54) is 17.3 Å². The summed E-state index contributed by atoms with van der Waals surface area (Å²) in [4.78, 5) is 19.5. The number of hydrogen-bond acceptors (Lipinski definition) is 4. The van der Waals surface area contributed by atoms with Gasteiger partial charge < -0.3 is 4.90 Å². The van der Waals surface area contributed by atoms with E-state index in [-0.39, 0.29) is 17.2 Å². The van der Waals surface area contributed by atoms with E-state index in [1.54, 1.807) is 0 Å². The van der Waals surface area contributed by atoms with Gasteiger partial charge in [0.15, 0.2) is 5.82 Å². The number of anilines is 1. The minimum Gasteiger partial charge on any atom is -0.308 e. The normalized spacial score (nSPS) is 17.2. The Morgan fingerprint density at radius 3 is 2.73 bits per heavy atom. The highest BCUT2D eigenvalue weighted by Gasteiger charge is 2.33.